The number of urea groups is 1. The van der Waals surface area contributed by atoms with Crippen molar-refractivity contribution in [3.05, 3.63) is 29.3 Å². The molecule has 1 fully saturated rings. The first-order chi connectivity index (χ1) is 10.7. The first kappa shape index (κ1) is 17.4. The van der Waals surface area contributed by atoms with Gasteiger partial charge in [0.1, 0.15) is 0 Å². The lowest BCUT2D eigenvalue weighted by molar-refractivity contribution is 0.0355. The molecule has 0 saturated carbocycles. The maximum Gasteiger partial charge on any atom is 0.407 e. The fourth-order valence-electron chi connectivity index (χ4n) is 2.67. The smallest absolute Gasteiger partial charge is 0.407 e. The molecule has 1 aromatic rings. The Labute approximate surface area is 141 Å². The summed E-state index contributed by atoms with van der Waals surface area (Å²) in [7, 11) is 0. The summed E-state index contributed by atoms with van der Waals surface area (Å²) in [5, 5.41) is 12.8. The van der Waals surface area contributed by atoms with E-state index in [-0.39, 0.29) is 17.5 Å². The standard InChI is InChI=1S/C16H22ClN3O3/c1-16(2,3)13-10-19(8-9-20(13)15(22)23)14(21)18-12-6-4-11(17)5-7-12/h4-7,13H,8-10H2,1-3H3,(H,18,21)(H,22,23). The molecule has 1 aromatic carbocycles. The second kappa shape index (κ2) is 6.66. The number of carbonyl (C=O) groups excluding carboxylic acids is 1. The third-order valence-electron chi connectivity index (χ3n) is 4.01. The highest BCUT2D eigenvalue weighted by Gasteiger charge is 2.39. The van der Waals surface area contributed by atoms with E-state index in [1.54, 1.807) is 29.2 Å². The van der Waals surface area contributed by atoms with Gasteiger partial charge in [-0.1, -0.05) is 32.4 Å². The normalized spacial score (nSPS) is 18.7. The van der Waals surface area contributed by atoms with E-state index in [4.69, 9.17) is 11.6 Å². The molecular formula is C16H22ClN3O3. The van der Waals surface area contributed by atoms with Crippen molar-refractivity contribution in [1.82, 2.24) is 9.80 Å². The van der Waals surface area contributed by atoms with Crippen molar-refractivity contribution in [2.24, 2.45) is 5.41 Å². The van der Waals surface area contributed by atoms with Crippen molar-refractivity contribution < 1.29 is 14.7 Å². The van der Waals surface area contributed by atoms with Crippen LogP contribution >= 0.6 is 11.6 Å². The Morgan fingerprint density at radius 3 is 2.35 bits per heavy atom. The first-order valence-corrected chi connectivity index (χ1v) is 7.87. The molecule has 1 aliphatic heterocycles. The van der Waals surface area contributed by atoms with Gasteiger partial charge in [0.2, 0.25) is 0 Å². The van der Waals surface area contributed by atoms with Crippen molar-refractivity contribution >= 4 is 29.4 Å². The molecule has 0 aromatic heterocycles. The van der Waals surface area contributed by atoms with Gasteiger partial charge in [-0.2, -0.15) is 0 Å². The van der Waals surface area contributed by atoms with Crippen molar-refractivity contribution in [3.8, 4) is 0 Å². The number of carbonyl (C=O) groups is 2. The zero-order valence-corrected chi connectivity index (χ0v) is 14.3. The van der Waals surface area contributed by atoms with Crippen LogP contribution in [-0.4, -0.2) is 52.7 Å². The Hall–Kier alpha value is -1.95. The number of nitrogens with zero attached hydrogens (tertiary/aromatic N) is 2. The summed E-state index contributed by atoms with van der Waals surface area (Å²) in [6.45, 7) is 7.00. The predicted octanol–water partition coefficient (Wildman–Crippen LogP) is 3.58. The summed E-state index contributed by atoms with van der Waals surface area (Å²) < 4.78 is 0. The van der Waals surface area contributed by atoms with Gasteiger partial charge in [0.25, 0.3) is 0 Å². The van der Waals surface area contributed by atoms with Crippen molar-refractivity contribution in [2.75, 3.05) is 25.0 Å². The van der Waals surface area contributed by atoms with E-state index in [1.165, 1.54) is 4.90 Å². The number of hydrogen-bond donors (Lipinski definition) is 2. The molecular weight excluding hydrogens is 318 g/mol. The van der Waals surface area contributed by atoms with Gasteiger partial charge in [-0.15, -0.1) is 0 Å². The van der Waals surface area contributed by atoms with Crippen LogP contribution < -0.4 is 5.32 Å². The maximum atomic E-state index is 12.4. The number of carboxylic acid groups (broad SMARTS) is 1. The molecule has 0 aliphatic carbocycles. The lowest BCUT2D eigenvalue weighted by atomic mass is 9.84. The van der Waals surface area contributed by atoms with Crippen LogP contribution in [-0.2, 0) is 0 Å². The summed E-state index contributed by atoms with van der Waals surface area (Å²) in [5.41, 5.74) is 0.407. The number of amides is 3. The Balaban J connectivity index is 2.07. The third-order valence-corrected chi connectivity index (χ3v) is 4.26. The molecule has 0 radical (unpaired) electrons. The van der Waals surface area contributed by atoms with Crippen LogP contribution in [0.15, 0.2) is 24.3 Å². The Morgan fingerprint density at radius 1 is 1.22 bits per heavy atom. The third kappa shape index (κ3) is 4.28. The summed E-state index contributed by atoms with van der Waals surface area (Å²) >= 11 is 5.83. The van der Waals surface area contributed by atoms with Gasteiger partial charge >= 0.3 is 12.1 Å². The molecule has 126 valence electrons. The summed E-state index contributed by atoms with van der Waals surface area (Å²) in [5.74, 6) is 0. The van der Waals surface area contributed by atoms with Gasteiger partial charge in [0.15, 0.2) is 0 Å². The van der Waals surface area contributed by atoms with E-state index in [0.717, 1.165) is 0 Å². The highest BCUT2D eigenvalue weighted by atomic mass is 35.5. The van der Waals surface area contributed by atoms with Crippen molar-refractivity contribution in [3.63, 3.8) is 0 Å². The molecule has 1 saturated heterocycles. The Kier molecular flexibility index (Phi) is 5.04. The molecule has 2 N–H and O–H groups in total. The number of benzene rings is 1. The molecule has 0 spiro atoms. The van der Waals surface area contributed by atoms with Gasteiger partial charge in [-0.05, 0) is 29.7 Å². The predicted molar refractivity (Wildman–Crippen MR) is 90.0 cm³/mol. The number of hydrogen-bond acceptors (Lipinski definition) is 2. The summed E-state index contributed by atoms with van der Waals surface area (Å²) in [6, 6.07) is 6.40. The lowest BCUT2D eigenvalue weighted by Gasteiger charge is -2.45. The van der Waals surface area contributed by atoms with E-state index < -0.39 is 6.09 Å². The molecule has 1 heterocycles. The SMILES string of the molecule is CC(C)(C)C1CN(C(=O)Nc2ccc(Cl)cc2)CCN1C(=O)O. The van der Waals surface area contributed by atoms with Crippen LogP contribution in [0.3, 0.4) is 0 Å². The number of anilines is 1. The molecule has 2 rings (SSSR count). The molecule has 0 bridgehead atoms. The summed E-state index contributed by atoms with van der Waals surface area (Å²) in [4.78, 5) is 26.9. The quantitative estimate of drug-likeness (QED) is 0.821. The van der Waals surface area contributed by atoms with Crippen molar-refractivity contribution in [1.29, 1.82) is 0 Å². The van der Waals surface area contributed by atoms with Crippen LogP contribution in [0, 0.1) is 5.41 Å². The van der Waals surface area contributed by atoms with Crippen LogP contribution in [0.5, 0.6) is 0 Å². The highest BCUT2D eigenvalue weighted by Crippen LogP contribution is 2.28. The molecule has 1 atom stereocenters. The van der Waals surface area contributed by atoms with E-state index in [1.807, 2.05) is 20.8 Å². The molecule has 7 heteroatoms. The molecule has 3 amide bonds. The van der Waals surface area contributed by atoms with E-state index in [9.17, 15) is 14.7 Å². The molecule has 1 aliphatic rings. The second-order valence-electron chi connectivity index (χ2n) is 6.74. The van der Waals surface area contributed by atoms with Crippen molar-refractivity contribution in [2.45, 2.75) is 26.8 Å². The van der Waals surface area contributed by atoms with E-state index in [0.29, 0.717) is 30.3 Å². The number of rotatable bonds is 1. The summed E-state index contributed by atoms with van der Waals surface area (Å²) in [6.07, 6.45) is -0.942. The number of nitrogens with one attached hydrogen (secondary N) is 1. The van der Waals surface area contributed by atoms with Gasteiger partial charge in [-0.3, -0.25) is 0 Å². The monoisotopic (exact) mass is 339 g/mol. The average Bonchev–Trinajstić information content (AvgIpc) is 2.48. The van der Waals surface area contributed by atoms with E-state index >= 15 is 0 Å². The van der Waals surface area contributed by atoms with Crippen LogP contribution in [0.2, 0.25) is 5.02 Å². The van der Waals surface area contributed by atoms with E-state index in [2.05, 4.69) is 5.32 Å². The van der Waals surface area contributed by atoms with Gasteiger partial charge < -0.3 is 20.2 Å². The lowest BCUT2D eigenvalue weighted by Crippen LogP contribution is -2.61. The number of halogens is 1. The van der Waals surface area contributed by atoms with Gasteiger partial charge in [0, 0.05) is 30.3 Å². The highest BCUT2D eigenvalue weighted by molar-refractivity contribution is 6.30. The molecule has 1 unspecified atom stereocenters. The minimum absolute atomic E-state index is 0.230. The largest absolute Gasteiger partial charge is 0.465 e. The van der Waals surface area contributed by atoms with Crippen LogP contribution in [0.25, 0.3) is 0 Å². The average molecular weight is 340 g/mol. The topological polar surface area (TPSA) is 72.9 Å². The minimum Gasteiger partial charge on any atom is -0.465 e. The first-order valence-electron chi connectivity index (χ1n) is 7.49. The van der Waals surface area contributed by atoms with Crippen LogP contribution in [0.1, 0.15) is 20.8 Å². The van der Waals surface area contributed by atoms with Gasteiger partial charge in [-0.25, -0.2) is 9.59 Å². The Bertz CT molecular complexity index is 583. The fourth-order valence-corrected chi connectivity index (χ4v) is 2.80. The number of piperazine rings is 1. The minimum atomic E-state index is -0.942. The van der Waals surface area contributed by atoms with Crippen LogP contribution in [0.4, 0.5) is 15.3 Å². The molecule has 23 heavy (non-hydrogen) atoms. The zero-order valence-electron chi connectivity index (χ0n) is 13.5. The second-order valence-corrected chi connectivity index (χ2v) is 7.18. The Morgan fingerprint density at radius 2 is 1.83 bits per heavy atom. The van der Waals surface area contributed by atoms with Gasteiger partial charge in [0.05, 0.1) is 6.04 Å². The zero-order chi connectivity index (χ0) is 17.2. The molecule has 6 nitrogen and oxygen atoms in total. The fraction of sp³-hybridized carbons (Fsp3) is 0.500. The maximum absolute atomic E-state index is 12.4.